The molecular formula is C44H56ClN7O5. The number of nitrogens with one attached hydrogen (secondary N) is 2. The minimum Gasteiger partial charge on any atom is -0.387 e. The third-order valence-corrected chi connectivity index (χ3v) is 12.6. The molecule has 3 aliphatic heterocycles. The summed E-state index contributed by atoms with van der Waals surface area (Å²) in [6.07, 6.45) is 12.4. The Morgan fingerprint density at radius 1 is 0.947 bits per heavy atom. The van der Waals surface area contributed by atoms with Crippen molar-refractivity contribution in [2.24, 2.45) is 0 Å². The van der Waals surface area contributed by atoms with Gasteiger partial charge in [-0.25, -0.2) is 9.97 Å². The molecule has 0 bridgehead atoms. The Hall–Kier alpha value is -4.39. The number of halogens is 1. The molecule has 2 aromatic carbocycles. The Bertz CT molecular complexity index is 1920. The molecule has 12 nitrogen and oxygen atoms in total. The van der Waals surface area contributed by atoms with Crippen molar-refractivity contribution in [3.8, 4) is 0 Å². The summed E-state index contributed by atoms with van der Waals surface area (Å²) < 4.78 is 0. The number of nitrogens with zero attached hydrogens (tertiary/aromatic N) is 5. The van der Waals surface area contributed by atoms with E-state index in [2.05, 4.69) is 38.5 Å². The van der Waals surface area contributed by atoms with E-state index in [1.165, 1.54) is 31.2 Å². The van der Waals surface area contributed by atoms with Gasteiger partial charge in [-0.1, -0.05) is 81.3 Å². The van der Waals surface area contributed by atoms with Crippen LogP contribution in [-0.2, 0) is 27.3 Å². The number of imide groups is 1. The van der Waals surface area contributed by atoms with Gasteiger partial charge in [-0.2, -0.15) is 0 Å². The predicted octanol–water partition coefficient (Wildman–Crippen LogP) is 5.82. The number of hydrogen-bond donors (Lipinski definition) is 3. The van der Waals surface area contributed by atoms with E-state index in [4.69, 9.17) is 11.6 Å². The first-order valence-corrected chi connectivity index (χ1v) is 21.4. The van der Waals surface area contributed by atoms with Crippen LogP contribution in [0.3, 0.4) is 0 Å². The fraction of sp³-hybridized carbons (Fsp3) is 0.545. The summed E-state index contributed by atoms with van der Waals surface area (Å²) in [5.74, 6) is 0.156. The van der Waals surface area contributed by atoms with Gasteiger partial charge in [-0.05, 0) is 79.5 Å². The van der Waals surface area contributed by atoms with E-state index < -0.39 is 12.1 Å². The number of piperazine rings is 1. The van der Waals surface area contributed by atoms with E-state index in [1.54, 1.807) is 11.2 Å². The van der Waals surface area contributed by atoms with Crippen molar-refractivity contribution in [2.75, 3.05) is 44.2 Å². The largest absolute Gasteiger partial charge is 0.387 e. The summed E-state index contributed by atoms with van der Waals surface area (Å²) in [4.78, 5) is 66.0. The molecule has 0 spiro atoms. The van der Waals surface area contributed by atoms with Gasteiger partial charge in [-0.15, -0.1) is 0 Å². The molecule has 7 rings (SSSR count). The van der Waals surface area contributed by atoms with Crippen molar-refractivity contribution < 1.29 is 24.3 Å². The van der Waals surface area contributed by atoms with Crippen LogP contribution in [0.1, 0.15) is 134 Å². The Balaban J connectivity index is 0.791. The minimum absolute atomic E-state index is 0.114. The van der Waals surface area contributed by atoms with E-state index in [9.17, 15) is 24.3 Å². The Morgan fingerprint density at radius 2 is 1.67 bits per heavy atom. The number of rotatable bonds is 17. The van der Waals surface area contributed by atoms with Crippen molar-refractivity contribution in [2.45, 2.75) is 114 Å². The molecule has 57 heavy (non-hydrogen) atoms. The van der Waals surface area contributed by atoms with Crippen LogP contribution < -0.4 is 15.5 Å². The Morgan fingerprint density at radius 3 is 2.40 bits per heavy atom. The number of benzene rings is 2. The Labute approximate surface area is 340 Å². The van der Waals surface area contributed by atoms with Gasteiger partial charge in [-0.3, -0.25) is 24.5 Å². The lowest BCUT2D eigenvalue weighted by Crippen LogP contribution is -2.52. The van der Waals surface area contributed by atoms with Gasteiger partial charge in [0.1, 0.15) is 18.2 Å². The minimum atomic E-state index is -0.584. The first kappa shape index (κ1) is 40.8. The number of carbonyl (C=O) groups is 4. The zero-order valence-corrected chi connectivity index (χ0v) is 33.8. The van der Waals surface area contributed by atoms with Crippen LogP contribution >= 0.6 is 11.6 Å². The molecule has 13 heteroatoms. The lowest BCUT2D eigenvalue weighted by Gasteiger charge is -2.38. The maximum Gasteiger partial charge on any atom is 0.255 e. The molecule has 2 fully saturated rings. The molecule has 3 N–H and O–H groups in total. The molecule has 304 valence electrons. The van der Waals surface area contributed by atoms with E-state index in [0.717, 1.165) is 66.9 Å². The summed E-state index contributed by atoms with van der Waals surface area (Å²) in [5.41, 5.74) is 5.65. The van der Waals surface area contributed by atoms with Gasteiger partial charge in [0, 0.05) is 61.8 Å². The fourth-order valence-corrected chi connectivity index (χ4v) is 9.24. The highest BCUT2D eigenvalue weighted by Crippen LogP contribution is 2.43. The molecule has 0 saturated carbocycles. The lowest BCUT2D eigenvalue weighted by molar-refractivity contribution is -0.137. The fourth-order valence-electron chi connectivity index (χ4n) is 9.11. The number of hydrogen-bond acceptors (Lipinski definition) is 9. The number of amides is 4. The second-order valence-corrected chi connectivity index (χ2v) is 16.6. The van der Waals surface area contributed by atoms with Crippen LogP contribution in [0.2, 0.25) is 5.02 Å². The second kappa shape index (κ2) is 18.9. The van der Waals surface area contributed by atoms with Gasteiger partial charge in [0.05, 0.1) is 17.7 Å². The van der Waals surface area contributed by atoms with Gasteiger partial charge < -0.3 is 25.1 Å². The maximum atomic E-state index is 14.0. The molecule has 2 saturated heterocycles. The topological polar surface area (TPSA) is 148 Å². The molecule has 1 aromatic heterocycles. The molecule has 0 radical (unpaired) electrons. The summed E-state index contributed by atoms with van der Waals surface area (Å²) in [5, 5.41) is 17.1. The highest BCUT2D eigenvalue weighted by Gasteiger charge is 2.40. The number of carbonyl (C=O) groups excluding carboxylic acids is 4. The van der Waals surface area contributed by atoms with Crippen LogP contribution in [0.25, 0.3) is 0 Å². The average Bonchev–Trinajstić information content (AvgIpc) is 3.71. The van der Waals surface area contributed by atoms with Gasteiger partial charge in [0.2, 0.25) is 17.7 Å². The highest BCUT2D eigenvalue weighted by molar-refractivity contribution is 6.30. The smallest absolute Gasteiger partial charge is 0.255 e. The van der Waals surface area contributed by atoms with Crippen molar-refractivity contribution in [3.05, 3.63) is 87.3 Å². The first-order valence-electron chi connectivity index (χ1n) is 21.0. The van der Waals surface area contributed by atoms with Crippen LogP contribution in [0, 0.1) is 0 Å². The molecular weight excluding hydrogens is 742 g/mol. The molecule has 4 heterocycles. The number of aliphatic hydroxyl groups is 1. The molecule has 4 atom stereocenters. The average molecular weight is 798 g/mol. The zero-order chi connectivity index (χ0) is 39.9. The monoisotopic (exact) mass is 797 g/mol. The van der Waals surface area contributed by atoms with Gasteiger partial charge in [0.25, 0.3) is 5.91 Å². The second-order valence-electron chi connectivity index (χ2n) is 16.2. The van der Waals surface area contributed by atoms with E-state index in [1.807, 2.05) is 41.3 Å². The third kappa shape index (κ3) is 9.50. The van der Waals surface area contributed by atoms with Crippen LogP contribution in [-0.4, -0.2) is 93.8 Å². The highest BCUT2D eigenvalue weighted by atomic mass is 35.5. The van der Waals surface area contributed by atoms with Gasteiger partial charge in [0.15, 0.2) is 0 Å². The molecule has 4 unspecified atom stereocenters. The summed E-state index contributed by atoms with van der Waals surface area (Å²) >= 11 is 6.21. The zero-order valence-electron chi connectivity index (χ0n) is 33.1. The van der Waals surface area contributed by atoms with Crippen LogP contribution in [0.15, 0.2) is 48.8 Å². The number of anilines is 1. The normalized spacial score (nSPS) is 21.1. The first-order chi connectivity index (χ1) is 27.7. The molecule has 1 aliphatic carbocycles. The van der Waals surface area contributed by atoms with Crippen LogP contribution in [0.5, 0.6) is 0 Å². The third-order valence-electron chi connectivity index (χ3n) is 12.3. The number of aromatic nitrogens is 2. The SMILES string of the molecule is CC1CC(O)c2ncnc(N3CCN(C(=O)C(CNCCCCCCCCCCc4cccc5c4CN(C4CCC(=O)NC4=O)C5=O)c4ccc(Cl)cc4)CC3)c21. The quantitative estimate of drug-likeness (QED) is 0.114. The number of aryl methyl sites for hydroxylation is 1. The maximum absolute atomic E-state index is 14.0. The predicted molar refractivity (Wildman–Crippen MR) is 219 cm³/mol. The van der Waals surface area contributed by atoms with Gasteiger partial charge >= 0.3 is 0 Å². The van der Waals surface area contributed by atoms with E-state index >= 15 is 0 Å². The van der Waals surface area contributed by atoms with Crippen molar-refractivity contribution in [3.63, 3.8) is 0 Å². The van der Waals surface area contributed by atoms with E-state index in [0.29, 0.717) is 62.7 Å². The summed E-state index contributed by atoms with van der Waals surface area (Å²) in [6, 6.07) is 12.9. The molecule has 4 aliphatic rings. The number of piperidine rings is 1. The van der Waals surface area contributed by atoms with Crippen molar-refractivity contribution in [1.82, 2.24) is 30.4 Å². The van der Waals surface area contributed by atoms with Crippen LogP contribution in [0.4, 0.5) is 5.82 Å². The Kier molecular flexibility index (Phi) is 13.5. The van der Waals surface area contributed by atoms with Crippen molar-refractivity contribution >= 4 is 41.0 Å². The standard InChI is InChI=1S/C44H56ClN7O5/c1-29-25-37(53)40-39(29)41(48-28-47-40)50-21-23-51(24-22-50)43(56)34(31-14-16-32(45)17-15-31)26-46-20-9-7-5-3-2-4-6-8-11-30-12-10-13-33-35(30)27-52(44(33)57)36-18-19-38(54)49-42(36)55/h10,12-17,28-29,34,36-37,46,53H,2-9,11,18-27H2,1H3,(H,49,54,55). The molecule has 4 amide bonds. The summed E-state index contributed by atoms with van der Waals surface area (Å²) in [6.45, 7) is 6.56. The van der Waals surface area contributed by atoms with E-state index in [-0.39, 0.29) is 41.9 Å². The number of aliphatic hydroxyl groups excluding tert-OH is 1. The molecule has 3 aromatic rings. The lowest BCUT2D eigenvalue weighted by atomic mass is 9.96. The number of fused-ring (bicyclic) bond motifs is 2. The summed E-state index contributed by atoms with van der Waals surface area (Å²) in [7, 11) is 0. The number of unbranched alkanes of at least 4 members (excludes halogenated alkanes) is 7. The van der Waals surface area contributed by atoms with Crippen molar-refractivity contribution in [1.29, 1.82) is 0 Å².